The van der Waals surface area contributed by atoms with E-state index in [-0.39, 0.29) is 17.6 Å². The normalized spacial score (nSPS) is 29.8. The summed E-state index contributed by atoms with van der Waals surface area (Å²) in [4.78, 5) is 4.58. The summed E-state index contributed by atoms with van der Waals surface area (Å²) >= 11 is 0. The molecule has 1 saturated carbocycles. The van der Waals surface area contributed by atoms with Crippen molar-refractivity contribution in [2.75, 3.05) is 7.11 Å². The molecule has 0 spiro atoms. The summed E-state index contributed by atoms with van der Waals surface area (Å²) in [5.41, 5.74) is 5.52. The van der Waals surface area contributed by atoms with E-state index in [0.717, 1.165) is 32.1 Å². The molecule has 2 N–H and O–H groups in total. The number of nitrogens with zero attached hydrogens (tertiary/aromatic N) is 2. The van der Waals surface area contributed by atoms with Crippen molar-refractivity contribution in [3.8, 4) is 0 Å². The van der Waals surface area contributed by atoms with Gasteiger partial charge in [-0.25, -0.2) is 0 Å². The Labute approximate surface area is 113 Å². The first-order valence-electron chi connectivity index (χ1n) is 7.07. The van der Waals surface area contributed by atoms with E-state index in [4.69, 9.17) is 15.0 Å². The molecule has 2 atom stereocenters. The molecule has 1 aromatic rings. The van der Waals surface area contributed by atoms with Crippen molar-refractivity contribution < 1.29 is 9.26 Å². The summed E-state index contributed by atoms with van der Waals surface area (Å²) in [6.45, 7) is 0. The van der Waals surface area contributed by atoms with Gasteiger partial charge in [0.15, 0.2) is 0 Å². The molecular weight excluding hydrogens is 242 g/mol. The van der Waals surface area contributed by atoms with Crippen molar-refractivity contribution in [1.29, 1.82) is 0 Å². The maximum absolute atomic E-state index is 5.86. The lowest BCUT2D eigenvalue weighted by atomic mass is 9.84. The largest absolute Gasteiger partial charge is 0.370 e. The number of methoxy groups -OCH3 is 1. The summed E-state index contributed by atoms with van der Waals surface area (Å²) in [7, 11) is 1.74. The minimum absolute atomic E-state index is 0.103. The maximum atomic E-state index is 5.86. The molecule has 1 heterocycles. The van der Waals surface area contributed by atoms with E-state index < -0.39 is 0 Å². The van der Waals surface area contributed by atoms with Crippen molar-refractivity contribution in [1.82, 2.24) is 10.1 Å². The minimum Gasteiger partial charge on any atom is -0.370 e. The fourth-order valence-electron chi connectivity index (χ4n) is 3.12. The highest BCUT2D eigenvalue weighted by Crippen LogP contribution is 2.39. The van der Waals surface area contributed by atoms with Crippen molar-refractivity contribution in [2.24, 2.45) is 5.73 Å². The SMILES string of the molecule is COC1(c2noc(C3C=CC(N)C3)n2)CCCCC1. The van der Waals surface area contributed by atoms with Crippen LogP contribution < -0.4 is 5.73 Å². The summed E-state index contributed by atoms with van der Waals surface area (Å²) in [6, 6.07) is 0.103. The molecule has 0 radical (unpaired) electrons. The van der Waals surface area contributed by atoms with Crippen LogP contribution in [0.3, 0.4) is 0 Å². The van der Waals surface area contributed by atoms with E-state index in [0.29, 0.717) is 11.7 Å². The molecule has 1 fully saturated rings. The number of nitrogens with two attached hydrogens (primary N) is 1. The first kappa shape index (κ1) is 12.8. The van der Waals surface area contributed by atoms with Crippen molar-refractivity contribution >= 4 is 0 Å². The number of allylic oxidation sites excluding steroid dienone is 1. The van der Waals surface area contributed by atoms with Gasteiger partial charge in [0, 0.05) is 13.2 Å². The second kappa shape index (κ2) is 5.06. The number of aromatic nitrogens is 2. The van der Waals surface area contributed by atoms with Crippen LogP contribution in [0.5, 0.6) is 0 Å². The Bertz CT molecular complexity index is 463. The van der Waals surface area contributed by atoms with E-state index in [2.05, 4.69) is 16.2 Å². The smallest absolute Gasteiger partial charge is 0.233 e. The Kier molecular flexibility index (Phi) is 3.41. The molecule has 2 aliphatic rings. The van der Waals surface area contributed by atoms with Gasteiger partial charge in [0.1, 0.15) is 5.60 Å². The fourth-order valence-corrected chi connectivity index (χ4v) is 3.12. The van der Waals surface area contributed by atoms with Gasteiger partial charge in [0.25, 0.3) is 0 Å². The molecule has 0 aromatic carbocycles. The average Bonchev–Trinajstić information content (AvgIpc) is 3.08. The lowest BCUT2D eigenvalue weighted by Crippen LogP contribution is -2.32. The van der Waals surface area contributed by atoms with Crippen LogP contribution in [-0.4, -0.2) is 23.3 Å². The van der Waals surface area contributed by atoms with Crippen molar-refractivity contribution in [3.05, 3.63) is 23.9 Å². The highest BCUT2D eigenvalue weighted by atomic mass is 16.5. The van der Waals surface area contributed by atoms with Crippen LogP contribution in [-0.2, 0) is 10.3 Å². The molecule has 19 heavy (non-hydrogen) atoms. The number of rotatable bonds is 3. The number of hydrogen-bond donors (Lipinski definition) is 1. The Morgan fingerprint density at radius 2 is 2.11 bits per heavy atom. The standard InChI is InChI=1S/C14H21N3O2/c1-18-14(7-3-2-4-8-14)13-16-12(19-17-13)10-5-6-11(15)9-10/h5-6,10-11H,2-4,7-9,15H2,1H3. The lowest BCUT2D eigenvalue weighted by Gasteiger charge is -2.32. The van der Waals surface area contributed by atoms with Gasteiger partial charge in [0.2, 0.25) is 11.7 Å². The fraction of sp³-hybridized carbons (Fsp3) is 0.714. The first-order chi connectivity index (χ1) is 9.23. The molecule has 0 aliphatic heterocycles. The van der Waals surface area contributed by atoms with Gasteiger partial charge in [-0.1, -0.05) is 36.6 Å². The van der Waals surface area contributed by atoms with Crippen LogP contribution in [0, 0.1) is 0 Å². The summed E-state index contributed by atoms with van der Waals surface area (Å²) < 4.78 is 11.2. The molecule has 0 amide bonds. The molecule has 5 heteroatoms. The third-order valence-electron chi connectivity index (χ3n) is 4.34. The molecule has 3 rings (SSSR count). The lowest BCUT2D eigenvalue weighted by molar-refractivity contribution is -0.0527. The van der Waals surface area contributed by atoms with E-state index >= 15 is 0 Å². The molecule has 0 bridgehead atoms. The van der Waals surface area contributed by atoms with Gasteiger partial charge in [-0.15, -0.1) is 0 Å². The number of ether oxygens (including phenoxy) is 1. The Balaban J connectivity index is 1.82. The van der Waals surface area contributed by atoms with E-state index in [1.165, 1.54) is 6.42 Å². The van der Waals surface area contributed by atoms with Crippen molar-refractivity contribution in [3.63, 3.8) is 0 Å². The zero-order valence-corrected chi connectivity index (χ0v) is 11.3. The third-order valence-corrected chi connectivity index (χ3v) is 4.34. The second-order valence-electron chi connectivity index (χ2n) is 5.61. The summed E-state index contributed by atoms with van der Waals surface area (Å²) in [5, 5.41) is 4.17. The molecular formula is C14H21N3O2. The van der Waals surface area contributed by atoms with Gasteiger partial charge in [-0.05, 0) is 19.3 Å². The monoisotopic (exact) mass is 263 g/mol. The Morgan fingerprint density at radius 1 is 1.32 bits per heavy atom. The van der Waals surface area contributed by atoms with Gasteiger partial charge in [-0.3, -0.25) is 0 Å². The van der Waals surface area contributed by atoms with Crippen LogP contribution in [0.2, 0.25) is 0 Å². The molecule has 2 unspecified atom stereocenters. The maximum Gasteiger partial charge on any atom is 0.233 e. The number of hydrogen-bond acceptors (Lipinski definition) is 5. The van der Waals surface area contributed by atoms with E-state index in [1.54, 1.807) is 7.11 Å². The Morgan fingerprint density at radius 3 is 2.74 bits per heavy atom. The van der Waals surface area contributed by atoms with Crippen LogP contribution in [0.4, 0.5) is 0 Å². The van der Waals surface area contributed by atoms with Crippen LogP contribution >= 0.6 is 0 Å². The van der Waals surface area contributed by atoms with Gasteiger partial charge in [-0.2, -0.15) is 4.98 Å². The van der Waals surface area contributed by atoms with Crippen LogP contribution in [0.25, 0.3) is 0 Å². The highest BCUT2D eigenvalue weighted by Gasteiger charge is 2.39. The van der Waals surface area contributed by atoms with Crippen LogP contribution in [0.15, 0.2) is 16.7 Å². The second-order valence-corrected chi connectivity index (χ2v) is 5.61. The highest BCUT2D eigenvalue weighted by molar-refractivity contribution is 5.16. The predicted octanol–water partition coefficient (Wildman–Crippen LogP) is 2.25. The van der Waals surface area contributed by atoms with Crippen LogP contribution in [0.1, 0.15) is 56.2 Å². The molecule has 104 valence electrons. The van der Waals surface area contributed by atoms with E-state index in [1.807, 2.05) is 6.08 Å². The zero-order chi connectivity index (χ0) is 13.3. The Hall–Kier alpha value is -1.20. The van der Waals surface area contributed by atoms with Crippen molar-refractivity contribution in [2.45, 2.75) is 56.1 Å². The molecule has 1 aromatic heterocycles. The minimum atomic E-state index is -0.343. The molecule has 2 aliphatic carbocycles. The van der Waals surface area contributed by atoms with Gasteiger partial charge in [0.05, 0.1) is 5.92 Å². The average molecular weight is 263 g/mol. The van der Waals surface area contributed by atoms with Gasteiger partial charge < -0.3 is 15.0 Å². The first-order valence-corrected chi connectivity index (χ1v) is 7.07. The third kappa shape index (κ3) is 2.32. The quantitative estimate of drug-likeness (QED) is 0.847. The molecule has 0 saturated heterocycles. The topological polar surface area (TPSA) is 74.2 Å². The summed E-state index contributed by atoms with van der Waals surface area (Å²) in [6.07, 6.45) is 10.4. The zero-order valence-electron chi connectivity index (χ0n) is 11.3. The predicted molar refractivity (Wildman–Crippen MR) is 70.5 cm³/mol. The van der Waals surface area contributed by atoms with E-state index in [9.17, 15) is 0 Å². The van der Waals surface area contributed by atoms with Gasteiger partial charge >= 0.3 is 0 Å². The summed E-state index contributed by atoms with van der Waals surface area (Å²) in [5.74, 6) is 1.54. The molecule has 5 nitrogen and oxygen atoms in total.